The van der Waals surface area contributed by atoms with Crippen LogP contribution in [0, 0.1) is 0 Å². The number of benzene rings is 1. The molecule has 0 aromatic heterocycles. The molecular weight excluding hydrogens is 279 g/mol. The first-order valence-electron chi connectivity index (χ1n) is 4.40. The molecule has 0 unspecified atom stereocenters. The van der Waals surface area contributed by atoms with Gasteiger partial charge in [0, 0.05) is 10.4 Å². The third kappa shape index (κ3) is 3.68. The van der Waals surface area contributed by atoms with Crippen molar-refractivity contribution in [2.75, 3.05) is 5.33 Å². The maximum atomic E-state index is 10.7. The second-order valence-electron chi connectivity index (χ2n) is 2.92. The minimum Gasteiger partial charge on any atom is -0.478 e. The Balaban J connectivity index is 2.95. The molecule has 0 spiro atoms. The summed E-state index contributed by atoms with van der Waals surface area (Å²) in [5.74, 6) is -0.943. The van der Waals surface area contributed by atoms with Gasteiger partial charge < -0.3 is 5.11 Å². The number of allylic oxidation sites excluding steroid dienone is 1. The van der Waals surface area contributed by atoms with Gasteiger partial charge in [0.05, 0.1) is 5.56 Å². The average molecular weight is 290 g/mol. The van der Waals surface area contributed by atoms with Crippen LogP contribution in [0.25, 0.3) is 6.08 Å². The lowest BCUT2D eigenvalue weighted by atomic mass is 10.1. The van der Waals surface area contributed by atoms with Gasteiger partial charge in [-0.25, -0.2) is 4.79 Å². The molecule has 0 aliphatic carbocycles. The lowest BCUT2D eigenvalue weighted by Crippen LogP contribution is -1.96. The Labute approximate surface area is 102 Å². The maximum Gasteiger partial charge on any atom is 0.335 e. The third-order valence-corrected chi connectivity index (χ3v) is 2.62. The molecule has 1 aromatic rings. The third-order valence-electron chi connectivity index (χ3n) is 1.82. The highest BCUT2D eigenvalue weighted by molar-refractivity contribution is 9.09. The van der Waals surface area contributed by atoms with E-state index in [-0.39, 0.29) is 5.56 Å². The number of carboxylic acid groups (broad SMARTS) is 1. The minimum atomic E-state index is -0.943. The molecule has 0 aliphatic heterocycles. The predicted octanol–water partition coefficient (Wildman–Crippen LogP) is 3.84. The summed E-state index contributed by atoms with van der Waals surface area (Å²) in [4.78, 5) is 10.7. The molecule has 2 nitrogen and oxygen atoms in total. The highest BCUT2D eigenvalue weighted by Gasteiger charge is 2.04. The smallest absolute Gasteiger partial charge is 0.335 e. The summed E-state index contributed by atoms with van der Waals surface area (Å²) in [6.07, 6.45) is 4.66. The van der Waals surface area contributed by atoms with E-state index in [1.165, 1.54) is 6.07 Å². The van der Waals surface area contributed by atoms with Gasteiger partial charge in [0.25, 0.3) is 0 Å². The second-order valence-corrected chi connectivity index (χ2v) is 4.12. The van der Waals surface area contributed by atoms with E-state index in [1.807, 2.05) is 12.2 Å². The van der Waals surface area contributed by atoms with Gasteiger partial charge in [-0.15, -0.1) is 0 Å². The highest BCUT2D eigenvalue weighted by Crippen LogP contribution is 2.19. The summed E-state index contributed by atoms with van der Waals surface area (Å²) in [6, 6.07) is 4.65. The Kier molecular flexibility index (Phi) is 4.85. The molecule has 4 heteroatoms. The van der Waals surface area contributed by atoms with E-state index in [4.69, 9.17) is 16.7 Å². The van der Waals surface area contributed by atoms with Gasteiger partial charge in [-0.2, -0.15) is 0 Å². The largest absolute Gasteiger partial charge is 0.478 e. The van der Waals surface area contributed by atoms with Crippen LogP contribution >= 0.6 is 27.5 Å². The molecule has 0 heterocycles. The van der Waals surface area contributed by atoms with Crippen molar-refractivity contribution in [1.29, 1.82) is 0 Å². The van der Waals surface area contributed by atoms with Crippen molar-refractivity contribution in [3.63, 3.8) is 0 Å². The molecule has 80 valence electrons. The molecule has 1 rings (SSSR count). The summed E-state index contributed by atoms with van der Waals surface area (Å²) < 4.78 is 0. The Hall–Kier alpha value is -0.800. The molecule has 15 heavy (non-hydrogen) atoms. The van der Waals surface area contributed by atoms with Gasteiger partial charge in [-0.1, -0.05) is 39.7 Å². The van der Waals surface area contributed by atoms with Gasteiger partial charge in [-0.05, 0) is 30.2 Å². The van der Waals surface area contributed by atoms with Gasteiger partial charge in [-0.3, -0.25) is 0 Å². The van der Waals surface area contributed by atoms with E-state index in [0.717, 1.165) is 17.3 Å². The first-order valence-corrected chi connectivity index (χ1v) is 5.90. The predicted molar refractivity (Wildman–Crippen MR) is 65.9 cm³/mol. The van der Waals surface area contributed by atoms with Crippen LogP contribution in [-0.2, 0) is 0 Å². The molecule has 0 amide bonds. The molecule has 0 fully saturated rings. The molecule has 0 bridgehead atoms. The van der Waals surface area contributed by atoms with Gasteiger partial charge in [0.15, 0.2) is 0 Å². The molecule has 1 aromatic carbocycles. The topological polar surface area (TPSA) is 37.3 Å². The van der Waals surface area contributed by atoms with E-state index in [9.17, 15) is 4.79 Å². The zero-order valence-corrected chi connectivity index (χ0v) is 10.3. The Morgan fingerprint density at radius 2 is 2.27 bits per heavy atom. The highest BCUT2D eigenvalue weighted by atomic mass is 79.9. The normalized spacial score (nSPS) is 10.8. The van der Waals surface area contributed by atoms with Crippen molar-refractivity contribution in [3.05, 3.63) is 40.4 Å². The lowest BCUT2D eigenvalue weighted by molar-refractivity contribution is 0.0697. The van der Waals surface area contributed by atoms with Crippen LogP contribution in [0.1, 0.15) is 22.3 Å². The van der Waals surface area contributed by atoms with Crippen LogP contribution in [0.3, 0.4) is 0 Å². The van der Waals surface area contributed by atoms with Crippen LogP contribution in [0.4, 0.5) is 0 Å². The number of rotatable bonds is 4. The van der Waals surface area contributed by atoms with Crippen molar-refractivity contribution < 1.29 is 9.90 Å². The first-order chi connectivity index (χ1) is 7.15. The fourth-order valence-corrected chi connectivity index (χ4v) is 1.52. The van der Waals surface area contributed by atoms with Crippen LogP contribution < -0.4 is 0 Å². The van der Waals surface area contributed by atoms with Crippen molar-refractivity contribution in [2.45, 2.75) is 6.42 Å². The number of aromatic carboxylic acids is 1. The van der Waals surface area contributed by atoms with E-state index >= 15 is 0 Å². The van der Waals surface area contributed by atoms with Crippen molar-refractivity contribution >= 4 is 39.6 Å². The van der Waals surface area contributed by atoms with Crippen molar-refractivity contribution in [1.82, 2.24) is 0 Å². The minimum absolute atomic E-state index is 0.248. The summed E-state index contributed by atoms with van der Waals surface area (Å²) in [5, 5.41) is 10.2. The van der Waals surface area contributed by atoms with Gasteiger partial charge in [0.2, 0.25) is 0 Å². The Morgan fingerprint density at radius 3 is 2.87 bits per heavy atom. The molecule has 1 N–H and O–H groups in total. The van der Waals surface area contributed by atoms with Crippen molar-refractivity contribution in [2.24, 2.45) is 0 Å². The summed E-state index contributed by atoms with van der Waals surface area (Å²) in [5.41, 5.74) is 0.982. The summed E-state index contributed by atoms with van der Waals surface area (Å²) in [7, 11) is 0. The van der Waals surface area contributed by atoms with Crippen LogP contribution in [0.2, 0.25) is 5.02 Å². The zero-order chi connectivity index (χ0) is 11.3. The molecule has 0 saturated heterocycles. The fourth-order valence-electron chi connectivity index (χ4n) is 1.08. The van der Waals surface area contributed by atoms with E-state index in [1.54, 1.807) is 12.1 Å². The number of carboxylic acids is 1. The van der Waals surface area contributed by atoms with E-state index < -0.39 is 5.97 Å². The van der Waals surface area contributed by atoms with Crippen LogP contribution in [0.15, 0.2) is 24.3 Å². The van der Waals surface area contributed by atoms with Gasteiger partial charge in [0.1, 0.15) is 0 Å². The quantitative estimate of drug-likeness (QED) is 0.855. The second kappa shape index (κ2) is 5.93. The molecule has 0 aliphatic rings. The Bertz CT molecular complexity index is 388. The standard InChI is InChI=1S/C11H10BrClO2/c12-6-2-1-3-8-7-9(11(14)15)4-5-10(8)13/h1,3-5,7H,2,6H2,(H,14,15). The fraction of sp³-hybridized carbons (Fsp3) is 0.182. The van der Waals surface area contributed by atoms with Crippen molar-refractivity contribution in [3.8, 4) is 0 Å². The molecular formula is C11H10BrClO2. The monoisotopic (exact) mass is 288 g/mol. The number of alkyl halides is 1. The van der Waals surface area contributed by atoms with E-state index in [2.05, 4.69) is 15.9 Å². The lowest BCUT2D eigenvalue weighted by Gasteiger charge is -2.00. The first kappa shape index (κ1) is 12.3. The number of carbonyl (C=O) groups is 1. The summed E-state index contributed by atoms with van der Waals surface area (Å²) >= 11 is 9.22. The number of hydrogen-bond donors (Lipinski definition) is 1. The maximum absolute atomic E-state index is 10.7. The molecule has 0 radical (unpaired) electrons. The Morgan fingerprint density at radius 1 is 1.53 bits per heavy atom. The van der Waals surface area contributed by atoms with E-state index in [0.29, 0.717) is 5.02 Å². The number of halogens is 2. The average Bonchev–Trinajstić information content (AvgIpc) is 2.20. The van der Waals surface area contributed by atoms with Crippen LogP contribution in [0.5, 0.6) is 0 Å². The number of hydrogen-bond acceptors (Lipinski definition) is 1. The summed E-state index contributed by atoms with van der Waals surface area (Å²) in [6.45, 7) is 0. The van der Waals surface area contributed by atoms with Crippen LogP contribution in [-0.4, -0.2) is 16.4 Å². The molecule has 0 atom stereocenters. The SMILES string of the molecule is O=C(O)c1ccc(Cl)c(C=CCCBr)c1. The zero-order valence-electron chi connectivity index (χ0n) is 7.91. The van der Waals surface area contributed by atoms with Gasteiger partial charge >= 0.3 is 5.97 Å². The molecule has 0 saturated carbocycles.